The van der Waals surface area contributed by atoms with Gasteiger partial charge in [0, 0.05) is 30.1 Å². The van der Waals surface area contributed by atoms with Gasteiger partial charge in [0.1, 0.15) is 17.7 Å². The first-order valence-electron chi connectivity index (χ1n) is 9.90. The molecule has 166 valence electrons. The van der Waals surface area contributed by atoms with Crippen molar-refractivity contribution in [3.8, 4) is 0 Å². The molecule has 32 heavy (non-hydrogen) atoms. The van der Waals surface area contributed by atoms with Gasteiger partial charge < -0.3 is 16.0 Å². The standard InChI is InChI=1S/C23H20ClF2N3O2S/c24-15-5-1-14(2-6-15)10-29-11-17(19(26)22-20(29)21(30)18(27)12-32-22)23(31)28-9-13-3-7-16(25)8-4-13/h1-8,11,18,20H,9-10,12,27H2,(H,28,31)/t18-,20?/m0/s1. The van der Waals surface area contributed by atoms with Crippen LogP contribution in [-0.2, 0) is 22.7 Å². The fourth-order valence-corrected chi connectivity index (χ4v) is 4.87. The lowest BCUT2D eigenvalue weighted by molar-refractivity contribution is -0.124. The highest BCUT2D eigenvalue weighted by atomic mass is 35.5. The number of ketones is 1. The summed E-state index contributed by atoms with van der Waals surface area (Å²) in [5.41, 5.74) is 7.29. The zero-order chi connectivity index (χ0) is 22.8. The molecule has 1 amide bonds. The Kier molecular flexibility index (Phi) is 6.64. The van der Waals surface area contributed by atoms with Crippen molar-refractivity contribution in [1.29, 1.82) is 0 Å². The molecule has 0 spiro atoms. The molecule has 4 rings (SSSR count). The number of thioether (sulfide) groups is 1. The Morgan fingerprint density at radius 3 is 2.47 bits per heavy atom. The molecular formula is C23H20ClF2N3O2S. The molecule has 1 fully saturated rings. The molecule has 5 nitrogen and oxygen atoms in total. The zero-order valence-corrected chi connectivity index (χ0v) is 18.4. The van der Waals surface area contributed by atoms with Crippen molar-refractivity contribution in [3.05, 3.63) is 93.0 Å². The van der Waals surface area contributed by atoms with E-state index in [0.29, 0.717) is 10.6 Å². The number of hydrogen-bond acceptors (Lipinski definition) is 5. The molecule has 0 aromatic heterocycles. The maximum atomic E-state index is 15.3. The van der Waals surface area contributed by atoms with Gasteiger partial charge in [-0.25, -0.2) is 8.78 Å². The average Bonchev–Trinajstić information content (AvgIpc) is 2.78. The summed E-state index contributed by atoms with van der Waals surface area (Å²) in [7, 11) is 0. The first-order valence-corrected chi connectivity index (χ1v) is 11.3. The summed E-state index contributed by atoms with van der Waals surface area (Å²) in [6, 6.07) is 11.1. The van der Waals surface area contributed by atoms with Crippen molar-refractivity contribution in [1.82, 2.24) is 10.2 Å². The number of nitrogens with zero attached hydrogens (tertiary/aromatic N) is 1. The number of carbonyl (C=O) groups is 2. The quantitative estimate of drug-likeness (QED) is 0.690. The first kappa shape index (κ1) is 22.5. The molecule has 0 saturated carbocycles. The number of nitrogens with two attached hydrogens (primary N) is 1. The summed E-state index contributed by atoms with van der Waals surface area (Å²) in [5, 5.41) is 3.23. The maximum Gasteiger partial charge on any atom is 0.256 e. The third-order valence-corrected chi connectivity index (χ3v) is 6.76. The second kappa shape index (κ2) is 9.44. The van der Waals surface area contributed by atoms with E-state index in [0.717, 1.165) is 17.3 Å². The van der Waals surface area contributed by atoms with E-state index >= 15 is 4.39 Å². The normalized spacial score (nSPS) is 20.7. The Hall–Kier alpha value is -2.68. The third-order valence-electron chi connectivity index (χ3n) is 5.27. The Balaban J connectivity index is 1.61. The summed E-state index contributed by atoms with van der Waals surface area (Å²) in [5.74, 6) is -1.76. The van der Waals surface area contributed by atoms with Crippen molar-refractivity contribution in [2.75, 3.05) is 5.75 Å². The lowest BCUT2D eigenvalue weighted by Gasteiger charge is -2.39. The Bertz CT molecular complexity index is 1100. The van der Waals surface area contributed by atoms with Crippen molar-refractivity contribution < 1.29 is 18.4 Å². The Morgan fingerprint density at radius 2 is 1.78 bits per heavy atom. The fourth-order valence-electron chi connectivity index (χ4n) is 3.58. The first-order chi connectivity index (χ1) is 15.3. The average molecular weight is 476 g/mol. The van der Waals surface area contributed by atoms with Crippen molar-refractivity contribution in [2.24, 2.45) is 5.73 Å². The van der Waals surface area contributed by atoms with Crippen LogP contribution in [0.2, 0.25) is 5.02 Å². The molecule has 2 aliphatic rings. The minimum absolute atomic E-state index is 0.108. The number of fused-ring (bicyclic) bond motifs is 1. The molecule has 9 heteroatoms. The van der Waals surface area contributed by atoms with Gasteiger partial charge in [-0.3, -0.25) is 9.59 Å². The van der Waals surface area contributed by atoms with Gasteiger partial charge in [0.2, 0.25) is 0 Å². The van der Waals surface area contributed by atoms with E-state index in [2.05, 4.69) is 5.32 Å². The predicted octanol–water partition coefficient (Wildman–Crippen LogP) is 3.69. The van der Waals surface area contributed by atoms with Gasteiger partial charge in [0.05, 0.1) is 16.5 Å². The number of benzene rings is 2. The summed E-state index contributed by atoms with van der Waals surface area (Å²) < 4.78 is 28.4. The second-order valence-corrected chi connectivity index (χ2v) is 9.05. The highest BCUT2D eigenvalue weighted by Crippen LogP contribution is 2.40. The third kappa shape index (κ3) is 4.72. The molecule has 1 unspecified atom stereocenters. The van der Waals surface area contributed by atoms with E-state index in [1.807, 2.05) is 0 Å². The van der Waals surface area contributed by atoms with Crippen LogP contribution in [0.25, 0.3) is 0 Å². The lowest BCUT2D eigenvalue weighted by atomic mass is 9.98. The number of hydrogen-bond donors (Lipinski definition) is 2. The predicted molar refractivity (Wildman–Crippen MR) is 121 cm³/mol. The largest absolute Gasteiger partial charge is 0.358 e. The van der Waals surface area contributed by atoms with Crippen LogP contribution < -0.4 is 11.1 Å². The van der Waals surface area contributed by atoms with Crippen LogP contribution in [0.4, 0.5) is 8.78 Å². The second-order valence-electron chi connectivity index (χ2n) is 7.55. The molecule has 1 saturated heterocycles. The Morgan fingerprint density at radius 1 is 1.12 bits per heavy atom. The van der Waals surface area contributed by atoms with Crippen molar-refractivity contribution in [3.63, 3.8) is 0 Å². The number of nitrogens with one attached hydrogen (secondary N) is 1. The highest BCUT2D eigenvalue weighted by molar-refractivity contribution is 8.03. The van der Waals surface area contributed by atoms with Crippen LogP contribution in [0.15, 0.2) is 71.0 Å². The molecule has 2 aromatic rings. The molecule has 2 aromatic carbocycles. The molecule has 0 aliphatic carbocycles. The van der Waals surface area contributed by atoms with Crippen molar-refractivity contribution >= 4 is 35.1 Å². The van der Waals surface area contributed by atoms with Gasteiger partial charge >= 0.3 is 0 Å². The minimum Gasteiger partial charge on any atom is -0.358 e. The van der Waals surface area contributed by atoms with Gasteiger partial charge in [-0.2, -0.15) is 0 Å². The van der Waals surface area contributed by atoms with Crippen LogP contribution >= 0.6 is 23.4 Å². The molecule has 0 bridgehead atoms. The van der Waals surface area contributed by atoms with E-state index in [4.69, 9.17) is 17.3 Å². The van der Waals surface area contributed by atoms with Gasteiger partial charge in [-0.1, -0.05) is 35.9 Å². The van der Waals surface area contributed by atoms with Crippen LogP contribution in [0.5, 0.6) is 0 Å². The fraction of sp³-hybridized carbons (Fsp3) is 0.217. The van der Waals surface area contributed by atoms with E-state index in [1.54, 1.807) is 41.3 Å². The zero-order valence-electron chi connectivity index (χ0n) is 16.9. The number of carbonyl (C=O) groups excluding carboxylic acids is 2. The monoisotopic (exact) mass is 475 g/mol. The van der Waals surface area contributed by atoms with E-state index in [1.165, 1.54) is 18.3 Å². The van der Waals surface area contributed by atoms with Gasteiger partial charge in [0.15, 0.2) is 5.78 Å². The number of amides is 1. The number of rotatable bonds is 5. The van der Waals surface area contributed by atoms with Crippen LogP contribution in [0.3, 0.4) is 0 Å². The number of halogens is 3. The Labute approximate surface area is 193 Å². The summed E-state index contributed by atoms with van der Waals surface area (Å²) >= 11 is 7.11. The molecule has 2 atom stereocenters. The van der Waals surface area contributed by atoms with Gasteiger partial charge in [-0.15, -0.1) is 11.8 Å². The van der Waals surface area contributed by atoms with Crippen LogP contribution in [0, 0.1) is 5.82 Å². The van der Waals surface area contributed by atoms with E-state index in [-0.39, 0.29) is 40.9 Å². The van der Waals surface area contributed by atoms with E-state index in [9.17, 15) is 14.0 Å². The molecule has 2 heterocycles. The smallest absolute Gasteiger partial charge is 0.256 e. The molecule has 2 aliphatic heterocycles. The highest BCUT2D eigenvalue weighted by Gasteiger charge is 2.42. The minimum atomic E-state index is -0.881. The summed E-state index contributed by atoms with van der Waals surface area (Å²) in [6.07, 6.45) is 1.37. The molecule has 3 N–H and O–H groups in total. The van der Waals surface area contributed by atoms with E-state index < -0.39 is 23.8 Å². The molecule has 0 radical (unpaired) electrons. The number of Topliss-reactive ketones (excluding diaryl/α,β-unsaturated/α-hetero) is 1. The topological polar surface area (TPSA) is 75.4 Å². The SMILES string of the molecule is N[C@H]1CSC2=C(F)C(C(=O)NCc3ccc(F)cc3)=CN(Cc3ccc(Cl)cc3)C2C1=O. The van der Waals surface area contributed by atoms with Gasteiger partial charge in [0.25, 0.3) is 5.91 Å². The van der Waals surface area contributed by atoms with Crippen LogP contribution in [0.1, 0.15) is 11.1 Å². The van der Waals surface area contributed by atoms with Crippen LogP contribution in [-0.4, -0.2) is 34.4 Å². The summed E-state index contributed by atoms with van der Waals surface area (Å²) in [4.78, 5) is 27.5. The van der Waals surface area contributed by atoms with Crippen molar-refractivity contribution in [2.45, 2.75) is 25.2 Å². The molecular weight excluding hydrogens is 456 g/mol. The van der Waals surface area contributed by atoms with Gasteiger partial charge in [-0.05, 0) is 35.4 Å². The maximum absolute atomic E-state index is 15.3. The lowest BCUT2D eigenvalue weighted by Crippen LogP contribution is -2.52. The summed E-state index contributed by atoms with van der Waals surface area (Å²) in [6.45, 7) is 0.378.